The van der Waals surface area contributed by atoms with Crippen molar-refractivity contribution in [2.24, 2.45) is 5.92 Å². The molecule has 1 aliphatic rings. The second kappa shape index (κ2) is 8.18. The number of rotatable bonds is 9. The molecule has 1 aromatic carbocycles. The lowest BCUT2D eigenvalue weighted by atomic mass is 10.1. The number of halogens is 1. The molecule has 1 atom stereocenters. The van der Waals surface area contributed by atoms with E-state index in [2.05, 4.69) is 24.4 Å². The molecule has 1 N–H and O–H groups in total. The lowest BCUT2D eigenvalue weighted by Gasteiger charge is -2.18. The SMILES string of the molecule is CCCNC(CCC1CC1)CSc1ccc(Cl)cc1. The third-order valence-electron chi connectivity index (χ3n) is 3.57. The van der Waals surface area contributed by atoms with Crippen molar-refractivity contribution >= 4 is 23.4 Å². The largest absolute Gasteiger partial charge is 0.313 e. The Morgan fingerprint density at radius 3 is 2.68 bits per heavy atom. The first kappa shape index (κ1) is 15.2. The molecule has 0 spiro atoms. The van der Waals surface area contributed by atoms with Crippen molar-refractivity contribution in [2.75, 3.05) is 12.3 Å². The fraction of sp³-hybridized carbons (Fsp3) is 0.625. The van der Waals surface area contributed by atoms with Gasteiger partial charge in [-0.25, -0.2) is 0 Å². The summed E-state index contributed by atoms with van der Waals surface area (Å²) in [5.41, 5.74) is 0. The monoisotopic (exact) mass is 297 g/mol. The van der Waals surface area contributed by atoms with Crippen LogP contribution >= 0.6 is 23.4 Å². The molecular weight excluding hydrogens is 274 g/mol. The fourth-order valence-corrected chi connectivity index (χ4v) is 3.30. The van der Waals surface area contributed by atoms with Crippen LogP contribution in [-0.2, 0) is 0 Å². The maximum Gasteiger partial charge on any atom is 0.0406 e. The van der Waals surface area contributed by atoms with Crippen molar-refractivity contribution < 1.29 is 0 Å². The first-order valence-corrected chi connectivity index (χ1v) is 8.76. The Morgan fingerprint density at radius 2 is 2.05 bits per heavy atom. The van der Waals surface area contributed by atoms with Crippen LogP contribution in [0.15, 0.2) is 29.2 Å². The molecule has 1 fully saturated rings. The summed E-state index contributed by atoms with van der Waals surface area (Å²) in [4.78, 5) is 1.32. The Hall–Kier alpha value is -0.180. The van der Waals surface area contributed by atoms with E-state index in [0.717, 1.165) is 23.2 Å². The van der Waals surface area contributed by atoms with E-state index in [9.17, 15) is 0 Å². The van der Waals surface area contributed by atoms with Crippen molar-refractivity contribution in [3.8, 4) is 0 Å². The van der Waals surface area contributed by atoms with E-state index in [1.165, 1.54) is 37.0 Å². The number of nitrogens with one attached hydrogen (secondary N) is 1. The summed E-state index contributed by atoms with van der Waals surface area (Å²) in [5.74, 6) is 2.19. The zero-order valence-electron chi connectivity index (χ0n) is 11.7. The molecule has 1 aromatic rings. The molecule has 0 saturated heterocycles. The summed E-state index contributed by atoms with van der Waals surface area (Å²) in [6.07, 6.45) is 6.87. The molecule has 1 nitrogen and oxygen atoms in total. The normalized spacial score (nSPS) is 16.5. The minimum atomic E-state index is 0.654. The summed E-state index contributed by atoms with van der Waals surface area (Å²) < 4.78 is 0. The van der Waals surface area contributed by atoms with E-state index >= 15 is 0 Å². The van der Waals surface area contributed by atoms with Gasteiger partial charge in [-0.05, 0) is 56.0 Å². The molecule has 1 saturated carbocycles. The van der Waals surface area contributed by atoms with Gasteiger partial charge in [0.15, 0.2) is 0 Å². The Bertz CT molecular complexity index is 362. The maximum atomic E-state index is 5.91. The van der Waals surface area contributed by atoms with Crippen LogP contribution in [0.4, 0.5) is 0 Å². The molecule has 0 bridgehead atoms. The molecule has 0 heterocycles. The van der Waals surface area contributed by atoms with Crippen molar-refractivity contribution in [1.82, 2.24) is 5.32 Å². The van der Waals surface area contributed by atoms with Crippen LogP contribution in [0.2, 0.25) is 5.02 Å². The standard InChI is InChI=1S/C16H24ClNS/c1-2-11-18-15(8-5-13-3-4-13)12-19-16-9-6-14(17)7-10-16/h6-7,9-10,13,15,18H,2-5,8,11-12H2,1H3. The molecule has 2 rings (SSSR count). The zero-order chi connectivity index (χ0) is 13.5. The van der Waals surface area contributed by atoms with Gasteiger partial charge in [0.2, 0.25) is 0 Å². The van der Waals surface area contributed by atoms with Gasteiger partial charge in [-0.1, -0.05) is 31.4 Å². The Morgan fingerprint density at radius 1 is 1.32 bits per heavy atom. The predicted octanol–water partition coefficient (Wildman–Crippen LogP) is 4.99. The predicted molar refractivity (Wildman–Crippen MR) is 86.2 cm³/mol. The Balaban J connectivity index is 1.74. The third kappa shape index (κ3) is 6.20. The van der Waals surface area contributed by atoms with E-state index in [1.807, 2.05) is 23.9 Å². The molecule has 0 amide bonds. The maximum absolute atomic E-state index is 5.91. The van der Waals surface area contributed by atoms with Gasteiger partial charge < -0.3 is 5.32 Å². The lowest BCUT2D eigenvalue weighted by Crippen LogP contribution is -2.32. The van der Waals surface area contributed by atoms with Gasteiger partial charge in [0.25, 0.3) is 0 Å². The zero-order valence-corrected chi connectivity index (χ0v) is 13.3. The van der Waals surface area contributed by atoms with E-state index in [1.54, 1.807) is 0 Å². The molecule has 0 radical (unpaired) electrons. The highest BCUT2D eigenvalue weighted by Crippen LogP contribution is 2.34. The van der Waals surface area contributed by atoms with Crippen LogP contribution in [0.3, 0.4) is 0 Å². The molecule has 106 valence electrons. The number of benzene rings is 1. The second-order valence-electron chi connectivity index (χ2n) is 5.44. The van der Waals surface area contributed by atoms with Gasteiger partial charge in [-0.15, -0.1) is 11.8 Å². The lowest BCUT2D eigenvalue weighted by molar-refractivity contribution is 0.489. The van der Waals surface area contributed by atoms with E-state index in [-0.39, 0.29) is 0 Å². The second-order valence-corrected chi connectivity index (χ2v) is 6.97. The van der Waals surface area contributed by atoms with Gasteiger partial charge in [-0.3, -0.25) is 0 Å². The highest BCUT2D eigenvalue weighted by Gasteiger charge is 2.22. The molecule has 0 aromatic heterocycles. The quantitative estimate of drug-likeness (QED) is 0.644. The molecule has 0 aliphatic heterocycles. The summed E-state index contributed by atoms with van der Waals surface area (Å²) >= 11 is 7.85. The van der Waals surface area contributed by atoms with Crippen LogP contribution < -0.4 is 5.32 Å². The third-order valence-corrected chi connectivity index (χ3v) is 4.99. The molecule has 19 heavy (non-hydrogen) atoms. The summed E-state index contributed by atoms with van der Waals surface area (Å²) in [6, 6.07) is 8.84. The number of thioether (sulfide) groups is 1. The minimum Gasteiger partial charge on any atom is -0.313 e. The topological polar surface area (TPSA) is 12.0 Å². The average Bonchev–Trinajstić information content (AvgIpc) is 3.24. The first-order valence-electron chi connectivity index (χ1n) is 7.39. The Kier molecular flexibility index (Phi) is 6.55. The first-order chi connectivity index (χ1) is 9.28. The summed E-state index contributed by atoms with van der Waals surface area (Å²) in [7, 11) is 0. The van der Waals surface area contributed by atoms with Gasteiger partial charge >= 0.3 is 0 Å². The molecule has 1 aliphatic carbocycles. The Labute approximate surface area is 126 Å². The molecular formula is C16H24ClNS. The van der Waals surface area contributed by atoms with Gasteiger partial charge in [0, 0.05) is 21.7 Å². The van der Waals surface area contributed by atoms with Crippen molar-refractivity contribution in [2.45, 2.75) is 50.0 Å². The van der Waals surface area contributed by atoms with Crippen LogP contribution in [0.25, 0.3) is 0 Å². The van der Waals surface area contributed by atoms with Gasteiger partial charge in [-0.2, -0.15) is 0 Å². The van der Waals surface area contributed by atoms with Crippen molar-refractivity contribution in [1.29, 1.82) is 0 Å². The smallest absolute Gasteiger partial charge is 0.0406 e. The van der Waals surface area contributed by atoms with E-state index < -0.39 is 0 Å². The molecule has 1 unspecified atom stereocenters. The van der Waals surface area contributed by atoms with Crippen LogP contribution in [0.1, 0.15) is 39.0 Å². The van der Waals surface area contributed by atoms with E-state index in [0.29, 0.717) is 6.04 Å². The highest BCUT2D eigenvalue weighted by molar-refractivity contribution is 7.99. The summed E-state index contributed by atoms with van der Waals surface area (Å²) in [5, 5.41) is 4.51. The van der Waals surface area contributed by atoms with Crippen LogP contribution in [-0.4, -0.2) is 18.3 Å². The fourth-order valence-electron chi connectivity index (χ4n) is 2.16. The number of hydrogen-bond donors (Lipinski definition) is 1. The molecule has 3 heteroatoms. The number of hydrogen-bond acceptors (Lipinski definition) is 2. The van der Waals surface area contributed by atoms with Gasteiger partial charge in [0.1, 0.15) is 0 Å². The van der Waals surface area contributed by atoms with E-state index in [4.69, 9.17) is 11.6 Å². The van der Waals surface area contributed by atoms with Gasteiger partial charge in [0.05, 0.1) is 0 Å². The minimum absolute atomic E-state index is 0.654. The van der Waals surface area contributed by atoms with Crippen molar-refractivity contribution in [3.63, 3.8) is 0 Å². The van der Waals surface area contributed by atoms with Crippen LogP contribution in [0.5, 0.6) is 0 Å². The summed E-state index contributed by atoms with van der Waals surface area (Å²) in [6.45, 7) is 3.37. The average molecular weight is 298 g/mol. The van der Waals surface area contributed by atoms with Crippen LogP contribution in [0, 0.1) is 5.92 Å². The highest BCUT2D eigenvalue weighted by atomic mass is 35.5. The van der Waals surface area contributed by atoms with Crippen molar-refractivity contribution in [3.05, 3.63) is 29.3 Å².